The minimum Gasteiger partial charge on any atom is -0.456 e. The van der Waals surface area contributed by atoms with Crippen LogP contribution >= 0.6 is 11.3 Å². The fourth-order valence-corrected chi connectivity index (χ4v) is 4.03. The first-order chi connectivity index (χ1) is 12.4. The Morgan fingerprint density at radius 2 is 1.85 bits per heavy atom. The second-order valence-corrected chi connectivity index (χ2v) is 6.80. The number of hydrogen-bond donors (Lipinski definition) is 0. The van der Waals surface area contributed by atoms with E-state index >= 15 is 0 Å². The lowest BCUT2D eigenvalue weighted by molar-refractivity contribution is -0.138. The summed E-state index contributed by atoms with van der Waals surface area (Å²) in [6, 6.07) is 6.17. The van der Waals surface area contributed by atoms with E-state index in [9.17, 15) is 22.8 Å². The van der Waals surface area contributed by atoms with Crippen LogP contribution in [0.25, 0.3) is 0 Å². The van der Waals surface area contributed by atoms with Crippen LogP contribution in [0.1, 0.15) is 23.5 Å². The Labute approximate surface area is 150 Å². The fraction of sp³-hybridized carbons (Fsp3) is 0.222. The van der Waals surface area contributed by atoms with Gasteiger partial charge in [0.2, 0.25) is 5.91 Å². The van der Waals surface area contributed by atoms with Crippen molar-refractivity contribution in [1.82, 2.24) is 0 Å². The van der Waals surface area contributed by atoms with Crippen molar-refractivity contribution in [2.24, 2.45) is 0 Å². The largest absolute Gasteiger partial charge is 0.456 e. The molecule has 0 aliphatic carbocycles. The van der Waals surface area contributed by atoms with Gasteiger partial charge in [-0.15, -0.1) is 0 Å². The van der Waals surface area contributed by atoms with Crippen molar-refractivity contribution in [3.05, 3.63) is 63.5 Å². The number of rotatable bonds is 2. The Bertz CT molecular complexity index is 901. The van der Waals surface area contributed by atoms with E-state index in [2.05, 4.69) is 0 Å². The summed E-state index contributed by atoms with van der Waals surface area (Å²) in [6.07, 6.45) is -4.39. The number of carbonyl (C=O) groups excluding carboxylic acids is 2. The lowest BCUT2D eigenvalue weighted by atomic mass is 9.85. The molecule has 2 aliphatic heterocycles. The highest BCUT2D eigenvalue weighted by molar-refractivity contribution is 7.08. The predicted octanol–water partition coefficient (Wildman–Crippen LogP) is 4.10. The monoisotopic (exact) mass is 379 g/mol. The number of anilines is 1. The average Bonchev–Trinajstić information content (AvgIpc) is 3.24. The van der Waals surface area contributed by atoms with Gasteiger partial charge in [-0.25, -0.2) is 4.79 Å². The number of alkyl halides is 3. The molecule has 3 heterocycles. The Morgan fingerprint density at radius 3 is 2.46 bits per heavy atom. The standard InChI is InChI=1S/C18H12F3NO3S/c19-18(20,21)11-1-3-12(4-2-11)22-14-8-25-17(24)16(14)13(7-15(22)23)10-5-6-26-9-10/h1-6,9,13H,7-8H2/t13-/m1/s1. The number of carbonyl (C=O) groups is 2. The summed E-state index contributed by atoms with van der Waals surface area (Å²) in [5, 5.41) is 3.74. The number of nitrogens with zero attached hydrogens (tertiary/aromatic N) is 1. The summed E-state index contributed by atoms with van der Waals surface area (Å²) in [5.74, 6) is -1.15. The molecule has 0 N–H and O–H groups in total. The van der Waals surface area contributed by atoms with Crippen molar-refractivity contribution < 1.29 is 27.5 Å². The summed E-state index contributed by atoms with van der Waals surface area (Å²) in [4.78, 5) is 26.3. The Morgan fingerprint density at radius 1 is 1.12 bits per heavy atom. The first kappa shape index (κ1) is 16.8. The van der Waals surface area contributed by atoms with Gasteiger partial charge in [0.15, 0.2) is 0 Å². The summed E-state index contributed by atoms with van der Waals surface area (Å²) >= 11 is 1.46. The summed E-state index contributed by atoms with van der Waals surface area (Å²) < 4.78 is 43.4. The molecule has 1 atom stereocenters. The molecule has 0 radical (unpaired) electrons. The summed E-state index contributed by atoms with van der Waals surface area (Å²) in [5.41, 5.74) is 1.17. The molecule has 2 aliphatic rings. The molecule has 26 heavy (non-hydrogen) atoms. The van der Waals surface area contributed by atoms with Gasteiger partial charge in [-0.1, -0.05) is 0 Å². The molecular weight excluding hydrogens is 367 g/mol. The van der Waals surface area contributed by atoms with E-state index in [-0.39, 0.29) is 30.5 Å². The topological polar surface area (TPSA) is 46.6 Å². The van der Waals surface area contributed by atoms with Crippen molar-refractivity contribution in [1.29, 1.82) is 0 Å². The first-order valence-corrected chi connectivity index (χ1v) is 8.73. The Balaban J connectivity index is 1.76. The molecule has 8 heteroatoms. The van der Waals surface area contributed by atoms with Crippen LogP contribution in [0.4, 0.5) is 18.9 Å². The molecule has 0 spiro atoms. The van der Waals surface area contributed by atoms with Crippen LogP contribution in [0.15, 0.2) is 52.4 Å². The van der Waals surface area contributed by atoms with Crippen LogP contribution < -0.4 is 4.90 Å². The molecule has 0 bridgehead atoms. The maximum absolute atomic E-state index is 12.8. The minimum absolute atomic E-state index is 0.0612. The Kier molecular flexibility index (Phi) is 3.87. The fourth-order valence-electron chi connectivity index (χ4n) is 3.31. The van der Waals surface area contributed by atoms with Crippen molar-refractivity contribution in [2.45, 2.75) is 18.5 Å². The van der Waals surface area contributed by atoms with Crippen LogP contribution in [0.2, 0.25) is 0 Å². The number of thiophene rings is 1. The molecule has 4 rings (SSSR count). The normalized spacial score (nSPS) is 20.4. The minimum atomic E-state index is -4.45. The van der Waals surface area contributed by atoms with Crippen molar-refractivity contribution in [3.8, 4) is 0 Å². The number of ether oxygens (including phenoxy) is 1. The van der Waals surface area contributed by atoms with E-state index in [4.69, 9.17) is 4.74 Å². The van der Waals surface area contributed by atoms with Gasteiger partial charge in [-0.2, -0.15) is 24.5 Å². The molecule has 0 unspecified atom stereocenters. The molecule has 0 saturated carbocycles. The number of hydrogen-bond acceptors (Lipinski definition) is 4. The molecule has 0 saturated heterocycles. The molecule has 134 valence electrons. The number of benzene rings is 1. The van der Waals surface area contributed by atoms with Gasteiger partial charge in [-0.05, 0) is 46.7 Å². The van der Waals surface area contributed by atoms with Gasteiger partial charge in [0, 0.05) is 18.0 Å². The van der Waals surface area contributed by atoms with Crippen LogP contribution in [0.5, 0.6) is 0 Å². The number of esters is 1. The van der Waals surface area contributed by atoms with Crippen LogP contribution in [-0.2, 0) is 20.5 Å². The van der Waals surface area contributed by atoms with Gasteiger partial charge in [0.1, 0.15) is 6.61 Å². The van der Waals surface area contributed by atoms with E-state index in [0.29, 0.717) is 11.3 Å². The SMILES string of the molecule is O=C1OCC2=C1[C@@H](c1ccsc1)CC(=O)N2c1ccc(C(F)(F)F)cc1. The highest BCUT2D eigenvalue weighted by Crippen LogP contribution is 2.42. The third-order valence-electron chi connectivity index (χ3n) is 4.52. The third kappa shape index (κ3) is 2.70. The average molecular weight is 379 g/mol. The molecule has 1 aromatic heterocycles. The van der Waals surface area contributed by atoms with E-state index in [1.165, 1.54) is 28.4 Å². The van der Waals surface area contributed by atoms with Gasteiger partial charge in [-0.3, -0.25) is 9.69 Å². The zero-order valence-electron chi connectivity index (χ0n) is 13.2. The summed E-state index contributed by atoms with van der Waals surface area (Å²) in [6.45, 7) is -0.0679. The first-order valence-electron chi connectivity index (χ1n) is 7.78. The van der Waals surface area contributed by atoms with Crippen molar-refractivity contribution in [3.63, 3.8) is 0 Å². The van der Waals surface area contributed by atoms with E-state index in [1.807, 2.05) is 16.8 Å². The van der Waals surface area contributed by atoms with E-state index in [1.54, 1.807) is 0 Å². The molecular formula is C18H12F3NO3S. The van der Waals surface area contributed by atoms with Crippen LogP contribution in [0, 0.1) is 0 Å². The Hall–Kier alpha value is -2.61. The second kappa shape index (κ2) is 5.98. The van der Waals surface area contributed by atoms with Crippen LogP contribution in [0.3, 0.4) is 0 Å². The zero-order chi connectivity index (χ0) is 18.5. The quantitative estimate of drug-likeness (QED) is 0.738. The van der Waals surface area contributed by atoms with E-state index < -0.39 is 17.7 Å². The maximum Gasteiger partial charge on any atom is 0.416 e. The lowest BCUT2D eigenvalue weighted by Crippen LogP contribution is -2.37. The molecule has 0 fully saturated rings. The zero-order valence-corrected chi connectivity index (χ0v) is 14.1. The predicted molar refractivity (Wildman–Crippen MR) is 88.6 cm³/mol. The third-order valence-corrected chi connectivity index (χ3v) is 5.22. The molecule has 1 aromatic carbocycles. The van der Waals surface area contributed by atoms with E-state index in [0.717, 1.165) is 17.7 Å². The second-order valence-electron chi connectivity index (χ2n) is 6.02. The smallest absolute Gasteiger partial charge is 0.416 e. The lowest BCUT2D eigenvalue weighted by Gasteiger charge is -2.31. The highest BCUT2D eigenvalue weighted by Gasteiger charge is 2.43. The highest BCUT2D eigenvalue weighted by atomic mass is 32.1. The van der Waals surface area contributed by atoms with Gasteiger partial charge < -0.3 is 4.74 Å². The number of cyclic esters (lactones) is 1. The maximum atomic E-state index is 12.8. The van der Waals surface area contributed by atoms with Gasteiger partial charge >= 0.3 is 12.1 Å². The van der Waals surface area contributed by atoms with Gasteiger partial charge in [0.25, 0.3) is 0 Å². The van der Waals surface area contributed by atoms with Crippen molar-refractivity contribution in [2.75, 3.05) is 11.5 Å². The molecule has 4 nitrogen and oxygen atoms in total. The number of halogens is 3. The molecule has 1 amide bonds. The van der Waals surface area contributed by atoms with Crippen LogP contribution in [-0.4, -0.2) is 18.5 Å². The van der Waals surface area contributed by atoms with Gasteiger partial charge in [0.05, 0.1) is 16.8 Å². The van der Waals surface area contributed by atoms with Crippen molar-refractivity contribution >= 4 is 28.9 Å². The molecule has 2 aromatic rings. The number of amides is 1. The summed E-state index contributed by atoms with van der Waals surface area (Å²) in [7, 11) is 0.